The van der Waals surface area contributed by atoms with Crippen LogP contribution in [0.5, 0.6) is 0 Å². The van der Waals surface area contributed by atoms with Crippen molar-refractivity contribution in [3.8, 4) is 0 Å². The monoisotopic (exact) mass is 393 g/mol. The Morgan fingerprint density at radius 3 is 2.69 bits per heavy atom. The predicted octanol–water partition coefficient (Wildman–Crippen LogP) is 2.57. The van der Waals surface area contributed by atoms with Crippen molar-refractivity contribution in [1.82, 2.24) is 20.5 Å². The van der Waals surface area contributed by atoms with Crippen molar-refractivity contribution < 1.29 is 14.0 Å². The van der Waals surface area contributed by atoms with Gasteiger partial charge in [0.05, 0.1) is 0 Å². The zero-order valence-electron chi connectivity index (χ0n) is 15.8. The first-order valence-corrected chi connectivity index (χ1v) is 9.30. The molecule has 3 aromatic rings. The summed E-state index contributed by atoms with van der Waals surface area (Å²) in [6, 6.07) is 15.5. The molecule has 0 spiro atoms. The van der Waals surface area contributed by atoms with E-state index < -0.39 is 18.1 Å². The van der Waals surface area contributed by atoms with E-state index in [4.69, 9.17) is 0 Å². The predicted molar refractivity (Wildman–Crippen MR) is 105 cm³/mol. The van der Waals surface area contributed by atoms with Crippen molar-refractivity contribution in [2.75, 3.05) is 11.9 Å². The number of hydrogen-bond acceptors (Lipinski definition) is 4. The third-order valence-corrected chi connectivity index (χ3v) is 4.98. The molecule has 0 radical (unpaired) electrons. The minimum Gasteiger partial charge on any atom is -0.337 e. The highest BCUT2D eigenvalue weighted by Gasteiger charge is 2.34. The molecule has 0 saturated heterocycles. The highest BCUT2D eigenvalue weighted by atomic mass is 19.1. The first-order valence-electron chi connectivity index (χ1n) is 9.30. The minimum atomic E-state index is -1.37. The van der Waals surface area contributed by atoms with Gasteiger partial charge in [0, 0.05) is 31.1 Å². The summed E-state index contributed by atoms with van der Waals surface area (Å²) < 4.78 is 14.8. The van der Waals surface area contributed by atoms with Gasteiger partial charge in [-0.2, -0.15) is 0 Å². The number of carbonyl (C=O) groups excluding carboxylic acids is 2. The molecule has 2 N–H and O–H groups in total. The molecule has 1 aliphatic rings. The molecule has 148 valence electrons. The van der Waals surface area contributed by atoms with Crippen LogP contribution < -0.4 is 10.2 Å². The molecule has 2 amide bonds. The second-order valence-electron chi connectivity index (χ2n) is 6.97. The van der Waals surface area contributed by atoms with Gasteiger partial charge < -0.3 is 15.2 Å². The Hall–Kier alpha value is -3.55. The van der Waals surface area contributed by atoms with E-state index in [1.54, 1.807) is 31.3 Å². The molecule has 29 heavy (non-hydrogen) atoms. The van der Waals surface area contributed by atoms with E-state index in [0.29, 0.717) is 23.5 Å². The maximum absolute atomic E-state index is 14.8. The summed E-state index contributed by atoms with van der Waals surface area (Å²) in [6.45, 7) is 0. The molecule has 0 bridgehead atoms. The molecular formula is C21H20FN5O2. The summed E-state index contributed by atoms with van der Waals surface area (Å²) in [4.78, 5) is 29.6. The first kappa shape index (κ1) is 18.8. The SMILES string of the molecule is CN1C(=O)C(NC(=O)c2nnc(Cc3ccccc3)[nH]2)C[C@H](F)c2ccccc21. The van der Waals surface area contributed by atoms with Gasteiger partial charge in [0.1, 0.15) is 18.0 Å². The Bertz CT molecular complexity index is 1040. The lowest BCUT2D eigenvalue weighted by atomic mass is 10.0. The highest BCUT2D eigenvalue weighted by Crippen LogP contribution is 2.35. The average molecular weight is 393 g/mol. The quantitative estimate of drug-likeness (QED) is 0.713. The summed E-state index contributed by atoms with van der Waals surface area (Å²) in [5.41, 5.74) is 1.96. The summed E-state index contributed by atoms with van der Waals surface area (Å²) in [7, 11) is 1.57. The normalized spacial score (nSPS) is 18.8. The summed E-state index contributed by atoms with van der Waals surface area (Å²) in [6.07, 6.45) is -1.01. The number of hydrogen-bond donors (Lipinski definition) is 2. The molecule has 2 heterocycles. The Labute approximate surface area is 167 Å². The van der Waals surface area contributed by atoms with Crippen LogP contribution in [0.15, 0.2) is 54.6 Å². The average Bonchev–Trinajstić information content (AvgIpc) is 3.18. The van der Waals surface area contributed by atoms with Crippen LogP contribution in [0.3, 0.4) is 0 Å². The van der Waals surface area contributed by atoms with E-state index in [9.17, 15) is 14.0 Å². The van der Waals surface area contributed by atoms with Gasteiger partial charge in [-0.3, -0.25) is 9.59 Å². The van der Waals surface area contributed by atoms with Crippen LogP contribution in [0.1, 0.15) is 40.2 Å². The van der Waals surface area contributed by atoms with Crippen LogP contribution in [0.25, 0.3) is 0 Å². The number of para-hydroxylation sites is 1. The summed E-state index contributed by atoms with van der Waals surface area (Å²) >= 11 is 0. The lowest BCUT2D eigenvalue weighted by molar-refractivity contribution is -0.120. The van der Waals surface area contributed by atoms with Crippen molar-refractivity contribution in [1.29, 1.82) is 0 Å². The summed E-state index contributed by atoms with van der Waals surface area (Å²) in [5.74, 6) is -0.457. The number of halogens is 1. The van der Waals surface area contributed by atoms with E-state index in [2.05, 4.69) is 20.5 Å². The van der Waals surface area contributed by atoms with Crippen molar-refractivity contribution >= 4 is 17.5 Å². The fraction of sp³-hybridized carbons (Fsp3) is 0.238. The molecule has 0 saturated carbocycles. The number of H-pyrrole nitrogens is 1. The van der Waals surface area contributed by atoms with Crippen LogP contribution in [-0.4, -0.2) is 40.1 Å². The van der Waals surface area contributed by atoms with Crippen LogP contribution >= 0.6 is 0 Å². The first-order chi connectivity index (χ1) is 14.0. The van der Waals surface area contributed by atoms with Gasteiger partial charge in [0.25, 0.3) is 5.91 Å². The molecule has 8 heteroatoms. The zero-order valence-corrected chi connectivity index (χ0v) is 15.8. The number of likely N-dealkylation sites (N-methyl/N-ethyl adjacent to an activating group) is 1. The lowest BCUT2D eigenvalue weighted by Gasteiger charge is -2.21. The molecule has 1 aliphatic heterocycles. The number of amides is 2. The van der Waals surface area contributed by atoms with Gasteiger partial charge in [0.15, 0.2) is 0 Å². The molecule has 1 unspecified atom stereocenters. The van der Waals surface area contributed by atoms with E-state index in [1.807, 2.05) is 30.3 Å². The van der Waals surface area contributed by atoms with Crippen molar-refractivity contribution in [3.63, 3.8) is 0 Å². The number of carbonyl (C=O) groups is 2. The number of aromatic nitrogens is 3. The van der Waals surface area contributed by atoms with Crippen LogP contribution in [0.2, 0.25) is 0 Å². The molecule has 1 aromatic heterocycles. The third-order valence-electron chi connectivity index (χ3n) is 4.98. The highest BCUT2D eigenvalue weighted by molar-refractivity contribution is 6.02. The molecule has 0 aliphatic carbocycles. The fourth-order valence-corrected chi connectivity index (χ4v) is 3.46. The third kappa shape index (κ3) is 3.87. The van der Waals surface area contributed by atoms with E-state index >= 15 is 0 Å². The van der Waals surface area contributed by atoms with Gasteiger partial charge in [-0.25, -0.2) is 4.39 Å². The van der Waals surface area contributed by atoms with Crippen LogP contribution in [0.4, 0.5) is 10.1 Å². The Morgan fingerprint density at radius 2 is 1.90 bits per heavy atom. The largest absolute Gasteiger partial charge is 0.337 e. The smallest absolute Gasteiger partial charge is 0.289 e. The Morgan fingerprint density at radius 1 is 1.17 bits per heavy atom. The molecule has 2 atom stereocenters. The van der Waals surface area contributed by atoms with Crippen molar-refractivity contribution in [3.05, 3.63) is 77.4 Å². The van der Waals surface area contributed by atoms with E-state index in [-0.39, 0.29) is 18.2 Å². The topological polar surface area (TPSA) is 91.0 Å². The number of nitrogens with zero attached hydrogens (tertiary/aromatic N) is 3. The van der Waals surface area contributed by atoms with Crippen LogP contribution in [-0.2, 0) is 11.2 Å². The van der Waals surface area contributed by atoms with E-state index in [0.717, 1.165) is 5.56 Å². The van der Waals surface area contributed by atoms with Gasteiger partial charge in [0.2, 0.25) is 11.7 Å². The van der Waals surface area contributed by atoms with Crippen LogP contribution in [0, 0.1) is 0 Å². The number of alkyl halides is 1. The second kappa shape index (κ2) is 7.83. The zero-order chi connectivity index (χ0) is 20.4. The molecular weight excluding hydrogens is 373 g/mol. The maximum atomic E-state index is 14.8. The number of aromatic amines is 1. The van der Waals surface area contributed by atoms with Crippen molar-refractivity contribution in [2.24, 2.45) is 0 Å². The molecule has 7 nitrogen and oxygen atoms in total. The summed E-state index contributed by atoms with van der Waals surface area (Å²) in [5, 5.41) is 10.5. The number of rotatable bonds is 4. The lowest BCUT2D eigenvalue weighted by Crippen LogP contribution is -2.47. The van der Waals surface area contributed by atoms with Gasteiger partial charge in [-0.15, -0.1) is 10.2 Å². The molecule has 0 fully saturated rings. The number of anilines is 1. The Balaban J connectivity index is 1.48. The minimum absolute atomic E-state index is 0.0106. The Kier molecular flexibility index (Phi) is 5.07. The van der Waals surface area contributed by atoms with E-state index in [1.165, 1.54) is 4.90 Å². The van der Waals surface area contributed by atoms with Gasteiger partial charge >= 0.3 is 0 Å². The van der Waals surface area contributed by atoms with Gasteiger partial charge in [-0.1, -0.05) is 48.5 Å². The maximum Gasteiger partial charge on any atom is 0.289 e. The molecule has 2 aromatic carbocycles. The fourth-order valence-electron chi connectivity index (χ4n) is 3.46. The van der Waals surface area contributed by atoms with Crippen molar-refractivity contribution in [2.45, 2.75) is 25.1 Å². The molecule has 4 rings (SSSR count). The van der Waals surface area contributed by atoms with Gasteiger partial charge in [-0.05, 0) is 11.6 Å². The number of benzene rings is 2. The standard InChI is InChI=1S/C21H20FN5O2/c1-27-17-10-6-5-9-14(17)15(22)12-16(21(27)29)23-20(28)19-24-18(25-26-19)11-13-7-3-2-4-8-13/h2-10,15-16H,11-12H2,1H3,(H,23,28)(H,24,25,26)/t15-,16?/m0/s1. The number of fused-ring (bicyclic) bond motifs is 1. The number of nitrogens with one attached hydrogen (secondary N) is 2. The second-order valence-corrected chi connectivity index (χ2v) is 6.97.